The molecule has 1 aromatic carbocycles. The third kappa shape index (κ3) is 2.15. The quantitative estimate of drug-likeness (QED) is 0.827. The minimum Gasteiger partial charge on any atom is -0.478 e. The molecule has 0 amide bonds. The van der Waals surface area contributed by atoms with Gasteiger partial charge in [0.2, 0.25) is 0 Å². The van der Waals surface area contributed by atoms with Gasteiger partial charge < -0.3 is 19.8 Å². The van der Waals surface area contributed by atoms with Crippen LogP contribution in [0, 0.1) is 0 Å². The summed E-state index contributed by atoms with van der Waals surface area (Å²) >= 11 is 0. The first kappa shape index (κ1) is 14.3. The smallest absolute Gasteiger partial charge is 0.337 e. The summed E-state index contributed by atoms with van der Waals surface area (Å²) in [6.45, 7) is 0. The molecule has 22 heavy (non-hydrogen) atoms. The van der Waals surface area contributed by atoms with Crippen molar-refractivity contribution in [3.8, 4) is 5.75 Å². The summed E-state index contributed by atoms with van der Waals surface area (Å²) in [5.74, 6) is -1.58. The van der Waals surface area contributed by atoms with Crippen LogP contribution < -0.4 is 9.64 Å². The summed E-state index contributed by atoms with van der Waals surface area (Å²) in [4.78, 5) is 29.1. The second-order valence-corrected chi connectivity index (χ2v) is 5.29. The number of aliphatic carboxylic acids is 1. The van der Waals surface area contributed by atoms with E-state index in [0.29, 0.717) is 11.4 Å². The van der Waals surface area contributed by atoms with Crippen molar-refractivity contribution in [2.75, 3.05) is 19.0 Å². The van der Waals surface area contributed by atoms with Gasteiger partial charge in [-0.25, -0.2) is 9.79 Å². The van der Waals surface area contributed by atoms with E-state index in [1.807, 2.05) is 25.1 Å². The number of carboxylic acids is 1. The second-order valence-electron chi connectivity index (χ2n) is 5.29. The van der Waals surface area contributed by atoms with Gasteiger partial charge in [-0.2, -0.15) is 0 Å². The molecule has 1 heterocycles. The molecule has 0 saturated carbocycles. The number of carbonyl (C=O) groups is 2. The summed E-state index contributed by atoms with van der Waals surface area (Å²) in [6.07, 6.45) is -1.67. The number of nitrogens with zero attached hydrogens (tertiary/aromatic N) is 2. The van der Waals surface area contributed by atoms with Crippen LogP contribution in [0.4, 0.5) is 11.4 Å². The number of fused-ring (bicyclic) bond motifs is 2. The normalized spacial score (nSPS) is 22.8. The zero-order chi connectivity index (χ0) is 16.0. The van der Waals surface area contributed by atoms with Gasteiger partial charge in [-0.1, -0.05) is 0 Å². The largest absolute Gasteiger partial charge is 0.478 e. The third-order valence-electron chi connectivity index (χ3n) is 3.60. The molecule has 2 unspecified atom stereocenters. The lowest BCUT2D eigenvalue weighted by Crippen LogP contribution is -2.49. The van der Waals surface area contributed by atoms with Crippen molar-refractivity contribution < 1.29 is 24.5 Å². The van der Waals surface area contributed by atoms with Crippen LogP contribution in [0.1, 0.15) is 0 Å². The predicted molar refractivity (Wildman–Crippen MR) is 79.0 cm³/mol. The summed E-state index contributed by atoms with van der Waals surface area (Å²) in [6, 6.07) is 5.25. The Bertz CT molecular complexity index is 735. The number of carboxylic acid groups (broad SMARTS) is 1. The number of hydrogen-bond acceptors (Lipinski definition) is 6. The number of aliphatic imine (C=N–C) groups is 1. The molecule has 3 rings (SSSR count). The predicted octanol–water partition coefficient (Wildman–Crippen LogP) is 0.541. The monoisotopic (exact) mass is 302 g/mol. The van der Waals surface area contributed by atoms with Gasteiger partial charge in [-0.15, -0.1) is 0 Å². The maximum absolute atomic E-state index is 11.7. The Labute approximate surface area is 126 Å². The Kier molecular flexibility index (Phi) is 3.22. The Morgan fingerprint density at radius 1 is 1.36 bits per heavy atom. The highest BCUT2D eigenvalue weighted by atomic mass is 16.5. The SMILES string of the molecule is CN(C)c1ccc2c(c1)OC1C(=N2)C(C(=O)O)=CC(=O)C1O. The minimum atomic E-state index is -1.46. The number of anilines is 1. The van der Waals surface area contributed by atoms with Crippen LogP contribution >= 0.6 is 0 Å². The molecule has 1 aliphatic carbocycles. The summed E-state index contributed by atoms with van der Waals surface area (Å²) in [7, 11) is 3.73. The van der Waals surface area contributed by atoms with Crippen molar-refractivity contribution in [2.45, 2.75) is 12.2 Å². The summed E-state index contributed by atoms with van der Waals surface area (Å²) in [5, 5.41) is 19.2. The van der Waals surface area contributed by atoms with Crippen LogP contribution in [0.2, 0.25) is 0 Å². The highest BCUT2D eigenvalue weighted by Gasteiger charge is 2.42. The van der Waals surface area contributed by atoms with Gasteiger partial charge in [0, 0.05) is 31.9 Å². The van der Waals surface area contributed by atoms with E-state index < -0.39 is 24.0 Å². The highest BCUT2D eigenvalue weighted by molar-refractivity contribution is 6.28. The molecule has 0 aromatic heterocycles. The average Bonchev–Trinajstić information content (AvgIpc) is 2.48. The van der Waals surface area contributed by atoms with E-state index in [-0.39, 0.29) is 11.3 Å². The summed E-state index contributed by atoms with van der Waals surface area (Å²) < 4.78 is 5.66. The van der Waals surface area contributed by atoms with Crippen LogP contribution in [-0.2, 0) is 9.59 Å². The zero-order valence-electron chi connectivity index (χ0n) is 12.0. The van der Waals surface area contributed by atoms with Crippen molar-refractivity contribution in [3.05, 3.63) is 29.8 Å². The first-order valence-corrected chi connectivity index (χ1v) is 6.62. The van der Waals surface area contributed by atoms with Gasteiger partial charge in [0.1, 0.15) is 11.4 Å². The number of benzene rings is 1. The van der Waals surface area contributed by atoms with E-state index >= 15 is 0 Å². The van der Waals surface area contributed by atoms with E-state index in [0.717, 1.165) is 11.8 Å². The van der Waals surface area contributed by atoms with Crippen molar-refractivity contribution in [2.24, 2.45) is 4.99 Å². The molecule has 0 radical (unpaired) electrons. The van der Waals surface area contributed by atoms with Gasteiger partial charge >= 0.3 is 5.97 Å². The number of carbonyl (C=O) groups excluding carboxylic acids is 1. The molecule has 0 bridgehead atoms. The fourth-order valence-electron chi connectivity index (χ4n) is 2.40. The Morgan fingerprint density at radius 2 is 2.09 bits per heavy atom. The molecule has 114 valence electrons. The Balaban J connectivity index is 2.12. The Morgan fingerprint density at radius 3 is 2.73 bits per heavy atom. The van der Waals surface area contributed by atoms with E-state index in [4.69, 9.17) is 4.74 Å². The van der Waals surface area contributed by atoms with Crippen molar-refractivity contribution in [3.63, 3.8) is 0 Å². The maximum atomic E-state index is 11.7. The molecule has 2 N–H and O–H groups in total. The van der Waals surface area contributed by atoms with E-state index in [9.17, 15) is 19.8 Å². The molecule has 0 spiro atoms. The van der Waals surface area contributed by atoms with E-state index in [1.165, 1.54) is 0 Å². The van der Waals surface area contributed by atoms with Crippen LogP contribution in [-0.4, -0.2) is 54.0 Å². The molecular formula is C15H14N2O5. The van der Waals surface area contributed by atoms with Crippen molar-refractivity contribution in [1.82, 2.24) is 0 Å². The summed E-state index contributed by atoms with van der Waals surface area (Å²) in [5.41, 5.74) is 1.14. The van der Waals surface area contributed by atoms with Crippen LogP contribution in [0.3, 0.4) is 0 Å². The molecule has 0 saturated heterocycles. The molecule has 2 aliphatic rings. The fraction of sp³-hybridized carbons (Fsp3) is 0.267. The Hall–Kier alpha value is -2.67. The molecule has 0 fully saturated rings. The van der Waals surface area contributed by atoms with Crippen molar-refractivity contribution >= 4 is 28.8 Å². The number of aliphatic hydroxyl groups excluding tert-OH is 1. The average molecular weight is 302 g/mol. The number of ketones is 1. The van der Waals surface area contributed by atoms with Crippen LogP contribution in [0.25, 0.3) is 0 Å². The number of ether oxygens (including phenoxy) is 1. The third-order valence-corrected chi connectivity index (χ3v) is 3.60. The van der Waals surface area contributed by atoms with Crippen LogP contribution in [0.5, 0.6) is 5.75 Å². The first-order chi connectivity index (χ1) is 10.4. The van der Waals surface area contributed by atoms with E-state index in [1.54, 1.807) is 12.1 Å². The fourth-order valence-corrected chi connectivity index (χ4v) is 2.40. The number of aliphatic hydroxyl groups is 1. The number of rotatable bonds is 2. The van der Waals surface area contributed by atoms with Gasteiger partial charge in [-0.3, -0.25) is 4.79 Å². The second kappa shape index (κ2) is 4.96. The van der Waals surface area contributed by atoms with Crippen molar-refractivity contribution in [1.29, 1.82) is 0 Å². The van der Waals surface area contributed by atoms with Gasteiger partial charge in [0.25, 0.3) is 0 Å². The van der Waals surface area contributed by atoms with Gasteiger partial charge in [0.05, 0.1) is 11.3 Å². The van der Waals surface area contributed by atoms with Crippen LogP contribution in [0.15, 0.2) is 34.8 Å². The zero-order valence-corrected chi connectivity index (χ0v) is 12.0. The lowest BCUT2D eigenvalue weighted by atomic mass is 9.90. The molecular weight excluding hydrogens is 288 g/mol. The lowest BCUT2D eigenvalue weighted by molar-refractivity contribution is -0.133. The maximum Gasteiger partial charge on any atom is 0.337 e. The molecule has 1 aromatic rings. The van der Waals surface area contributed by atoms with E-state index in [2.05, 4.69) is 4.99 Å². The number of hydrogen-bond donors (Lipinski definition) is 2. The molecule has 1 aliphatic heterocycles. The highest BCUT2D eigenvalue weighted by Crippen LogP contribution is 2.38. The topological polar surface area (TPSA) is 99.4 Å². The van der Waals surface area contributed by atoms with Gasteiger partial charge in [0.15, 0.2) is 18.0 Å². The molecule has 2 atom stereocenters. The standard InChI is InChI=1S/C15H14N2O5/c1-17(2)7-3-4-9-11(5-7)22-14-12(16-9)8(15(20)21)6-10(18)13(14)19/h3-6,13-14,19H,1-2H3,(H,20,21). The molecule has 7 nitrogen and oxygen atoms in total. The first-order valence-electron chi connectivity index (χ1n) is 6.62. The lowest BCUT2D eigenvalue weighted by Gasteiger charge is -2.31. The molecule has 7 heteroatoms. The minimum absolute atomic E-state index is 0.0599. The van der Waals surface area contributed by atoms with Gasteiger partial charge in [-0.05, 0) is 12.1 Å².